The van der Waals surface area contributed by atoms with Crippen LogP contribution in [-0.2, 0) is 9.59 Å². The zero-order valence-corrected chi connectivity index (χ0v) is 17.1. The van der Waals surface area contributed by atoms with Crippen LogP contribution in [0.5, 0.6) is 0 Å². The summed E-state index contributed by atoms with van der Waals surface area (Å²) in [4.78, 5) is 46.4. The lowest BCUT2D eigenvalue weighted by Gasteiger charge is -2.16. The van der Waals surface area contributed by atoms with Crippen LogP contribution in [0.25, 0.3) is 0 Å². The largest absolute Gasteiger partial charge is 0.326 e. The van der Waals surface area contributed by atoms with Gasteiger partial charge in [-0.05, 0) is 47.2 Å². The molecular weight excluding hydrogens is 368 g/mol. The Hall–Kier alpha value is -3.28. The van der Waals surface area contributed by atoms with Crippen molar-refractivity contribution >= 4 is 35.8 Å². The second kappa shape index (κ2) is 9.78. The maximum atomic E-state index is 12.6. The van der Waals surface area contributed by atoms with Crippen molar-refractivity contribution in [2.24, 2.45) is 0 Å². The SMILES string of the molecule is CC(=O)Nc1ccc([C@@H](C)CC(=O)Nc2cc(C(C)C)ccc2C=O)cc1C=O. The summed E-state index contributed by atoms with van der Waals surface area (Å²) in [6.45, 7) is 7.34. The molecule has 2 rings (SSSR count). The predicted octanol–water partition coefficient (Wildman–Crippen LogP) is 4.53. The Labute approximate surface area is 170 Å². The Bertz CT molecular complexity index is 934. The summed E-state index contributed by atoms with van der Waals surface area (Å²) in [5, 5.41) is 5.44. The fourth-order valence-electron chi connectivity index (χ4n) is 3.03. The van der Waals surface area contributed by atoms with Gasteiger partial charge in [-0.15, -0.1) is 0 Å². The lowest BCUT2D eigenvalue weighted by molar-refractivity contribution is -0.116. The zero-order valence-electron chi connectivity index (χ0n) is 17.1. The average molecular weight is 394 g/mol. The van der Waals surface area contributed by atoms with E-state index in [4.69, 9.17) is 0 Å². The molecule has 6 heteroatoms. The normalized spacial score (nSPS) is 11.6. The van der Waals surface area contributed by atoms with Crippen molar-refractivity contribution in [3.63, 3.8) is 0 Å². The smallest absolute Gasteiger partial charge is 0.224 e. The van der Waals surface area contributed by atoms with Gasteiger partial charge < -0.3 is 10.6 Å². The van der Waals surface area contributed by atoms with E-state index in [1.807, 2.05) is 32.9 Å². The van der Waals surface area contributed by atoms with Crippen molar-refractivity contribution < 1.29 is 19.2 Å². The molecule has 0 heterocycles. The second-order valence-corrected chi connectivity index (χ2v) is 7.42. The summed E-state index contributed by atoms with van der Waals surface area (Å²) < 4.78 is 0. The van der Waals surface area contributed by atoms with Crippen LogP contribution >= 0.6 is 0 Å². The Morgan fingerprint density at radius 2 is 1.52 bits per heavy atom. The van der Waals surface area contributed by atoms with Gasteiger partial charge in [0.2, 0.25) is 11.8 Å². The number of aldehydes is 2. The first kappa shape index (κ1) is 22.0. The molecule has 0 aliphatic rings. The van der Waals surface area contributed by atoms with E-state index in [9.17, 15) is 19.2 Å². The van der Waals surface area contributed by atoms with Gasteiger partial charge in [-0.3, -0.25) is 19.2 Å². The molecule has 2 aromatic rings. The number of hydrogen-bond donors (Lipinski definition) is 2. The van der Waals surface area contributed by atoms with Crippen LogP contribution in [0.4, 0.5) is 11.4 Å². The topological polar surface area (TPSA) is 92.3 Å². The molecule has 6 nitrogen and oxygen atoms in total. The van der Waals surface area contributed by atoms with E-state index in [-0.39, 0.29) is 30.1 Å². The molecular formula is C23H26N2O4. The molecule has 29 heavy (non-hydrogen) atoms. The van der Waals surface area contributed by atoms with Crippen molar-refractivity contribution in [1.29, 1.82) is 0 Å². The standard InChI is InChI=1S/C23H26N2O4/c1-14(2)17-5-6-19(12-26)22(11-17)25-23(29)9-15(3)18-7-8-21(24-16(4)28)20(10-18)13-27/h5-8,10-15H,9H2,1-4H3,(H,24,28)(H,25,29)/t15-/m0/s1. The van der Waals surface area contributed by atoms with Crippen LogP contribution in [0, 0.1) is 0 Å². The minimum absolute atomic E-state index is 0.159. The number of hydrogen-bond acceptors (Lipinski definition) is 4. The van der Waals surface area contributed by atoms with Crippen LogP contribution in [0.15, 0.2) is 36.4 Å². The van der Waals surface area contributed by atoms with E-state index >= 15 is 0 Å². The quantitative estimate of drug-likeness (QED) is 0.644. The Morgan fingerprint density at radius 1 is 0.862 bits per heavy atom. The molecule has 0 fully saturated rings. The summed E-state index contributed by atoms with van der Waals surface area (Å²) in [5.41, 5.74) is 3.56. The van der Waals surface area contributed by atoms with Gasteiger partial charge in [0.1, 0.15) is 0 Å². The summed E-state index contributed by atoms with van der Waals surface area (Å²) in [6, 6.07) is 10.5. The molecule has 0 radical (unpaired) electrons. The molecule has 0 aliphatic carbocycles. The van der Waals surface area contributed by atoms with Crippen LogP contribution in [0.2, 0.25) is 0 Å². The van der Waals surface area contributed by atoms with Crippen LogP contribution in [0.1, 0.15) is 77.8 Å². The van der Waals surface area contributed by atoms with Gasteiger partial charge in [0, 0.05) is 24.5 Å². The highest BCUT2D eigenvalue weighted by Gasteiger charge is 2.15. The first-order chi connectivity index (χ1) is 13.7. The molecule has 2 amide bonds. The summed E-state index contributed by atoms with van der Waals surface area (Å²) in [6.07, 6.45) is 1.58. The van der Waals surface area contributed by atoms with Crippen molar-refractivity contribution in [1.82, 2.24) is 0 Å². The van der Waals surface area contributed by atoms with E-state index in [2.05, 4.69) is 10.6 Å². The number of nitrogens with one attached hydrogen (secondary N) is 2. The molecule has 0 aliphatic heterocycles. The molecule has 2 N–H and O–H groups in total. The van der Waals surface area contributed by atoms with E-state index < -0.39 is 0 Å². The van der Waals surface area contributed by atoms with Crippen molar-refractivity contribution in [2.75, 3.05) is 10.6 Å². The Morgan fingerprint density at radius 3 is 2.10 bits per heavy atom. The molecule has 2 aromatic carbocycles. The highest BCUT2D eigenvalue weighted by atomic mass is 16.2. The third kappa shape index (κ3) is 5.85. The molecule has 0 spiro atoms. The van der Waals surface area contributed by atoms with Gasteiger partial charge in [-0.1, -0.05) is 32.9 Å². The van der Waals surface area contributed by atoms with Crippen molar-refractivity contribution in [3.05, 3.63) is 58.7 Å². The Balaban J connectivity index is 2.15. The monoisotopic (exact) mass is 394 g/mol. The molecule has 0 unspecified atom stereocenters. The number of benzene rings is 2. The minimum atomic E-state index is -0.261. The van der Waals surface area contributed by atoms with Crippen molar-refractivity contribution in [3.8, 4) is 0 Å². The van der Waals surface area contributed by atoms with Crippen LogP contribution in [0.3, 0.4) is 0 Å². The zero-order chi connectivity index (χ0) is 21.6. The summed E-state index contributed by atoms with van der Waals surface area (Å²) >= 11 is 0. The van der Waals surface area contributed by atoms with E-state index in [0.717, 1.165) is 17.4 Å². The molecule has 0 saturated carbocycles. The number of carbonyl (C=O) groups is 4. The molecule has 1 atom stereocenters. The van der Waals surface area contributed by atoms with Crippen molar-refractivity contribution in [2.45, 2.75) is 46.0 Å². The van der Waals surface area contributed by atoms with Gasteiger partial charge in [0.25, 0.3) is 0 Å². The first-order valence-electron chi connectivity index (χ1n) is 9.50. The maximum Gasteiger partial charge on any atom is 0.224 e. The third-order valence-electron chi connectivity index (χ3n) is 4.72. The number of amides is 2. The lowest BCUT2D eigenvalue weighted by Crippen LogP contribution is -2.16. The highest BCUT2D eigenvalue weighted by molar-refractivity contribution is 5.97. The fraction of sp³-hybridized carbons (Fsp3) is 0.304. The molecule has 0 saturated heterocycles. The van der Waals surface area contributed by atoms with Gasteiger partial charge in [-0.25, -0.2) is 0 Å². The molecule has 0 aromatic heterocycles. The van der Waals surface area contributed by atoms with Gasteiger partial charge >= 0.3 is 0 Å². The number of rotatable bonds is 8. The second-order valence-electron chi connectivity index (χ2n) is 7.42. The molecule has 0 bridgehead atoms. The van der Waals surface area contributed by atoms with Crippen LogP contribution in [-0.4, -0.2) is 24.4 Å². The Kier molecular flexibility index (Phi) is 7.42. The van der Waals surface area contributed by atoms with Gasteiger partial charge in [-0.2, -0.15) is 0 Å². The van der Waals surface area contributed by atoms with Gasteiger partial charge in [0.05, 0.1) is 11.4 Å². The minimum Gasteiger partial charge on any atom is -0.326 e. The van der Waals surface area contributed by atoms with E-state index in [1.165, 1.54) is 6.92 Å². The van der Waals surface area contributed by atoms with Crippen LogP contribution < -0.4 is 10.6 Å². The predicted molar refractivity (Wildman–Crippen MR) is 114 cm³/mol. The van der Waals surface area contributed by atoms with Gasteiger partial charge in [0.15, 0.2) is 12.6 Å². The third-order valence-corrected chi connectivity index (χ3v) is 4.72. The molecule has 152 valence electrons. The maximum absolute atomic E-state index is 12.6. The highest BCUT2D eigenvalue weighted by Crippen LogP contribution is 2.26. The fourth-order valence-corrected chi connectivity index (χ4v) is 3.03. The lowest BCUT2D eigenvalue weighted by atomic mass is 9.95. The number of anilines is 2. The average Bonchev–Trinajstić information content (AvgIpc) is 2.67. The summed E-state index contributed by atoms with van der Waals surface area (Å²) in [7, 11) is 0. The first-order valence-corrected chi connectivity index (χ1v) is 9.50. The summed E-state index contributed by atoms with van der Waals surface area (Å²) in [5.74, 6) is -0.370. The van der Waals surface area contributed by atoms with E-state index in [0.29, 0.717) is 28.8 Å². The van der Waals surface area contributed by atoms with E-state index in [1.54, 1.807) is 24.3 Å². The number of carbonyl (C=O) groups excluding carboxylic acids is 4.